The van der Waals surface area contributed by atoms with Crippen molar-refractivity contribution in [2.45, 2.75) is 25.7 Å². The summed E-state index contributed by atoms with van der Waals surface area (Å²) in [6, 6.07) is 16.0. The van der Waals surface area contributed by atoms with Crippen LogP contribution < -0.4 is 9.47 Å². The maximum absolute atomic E-state index is 5.74. The first kappa shape index (κ1) is 19.8. The minimum absolute atomic E-state index is 0.757. The molecule has 1 aromatic carbocycles. The lowest BCUT2D eigenvalue weighted by molar-refractivity contribution is 0.306. The van der Waals surface area contributed by atoms with Crippen molar-refractivity contribution in [3.8, 4) is 22.9 Å². The maximum Gasteiger partial charge on any atom is 0.144 e. The molecule has 3 heterocycles. The normalized spacial score (nSPS) is 14.3. The van der Waals surface area contributed by atoms with E-state index in [1.165, 1.54) is 0 Å². The van der Waals surface area contributed by atoms with Gasteiger partial charge in [-0.2, -0.15) is 0 Å². The van der Waals surface area contributed by atoms with Gasteiger partial charge in [0.2, 0.25) is 0 Å². The highest BCUT2D eigenvalue weighted by molar-refractivity contribution is 5.99. The maximum atomic E-state index is 5.74. The van der Waals surface area contributed by atoms with Gasteiger partial charge < -0.3 is 19.4 Å². The van der Waals surface area contributed by atoms with Gasteiger partial charge in [0, 0.05) is 18.0 Å². The molecule has 3 aromatic rings. The molecule has 2 aromatic heterocycles. The zero-order valence-corrected chi connectivity index (χ0v) is 17.2. The molecule has 1 aliphatic heterocycles. The molecule has 0 spiro atoms. The Morgan fingerprint density at radius 3 is 2.67 bits per heavy atom. The minimum atomic E-state index is 0.757. The molecule has 0 aliphatic carbocycles. The molecule has 4 rings (SSSR count). The van der Waals surface area contributed by atoms with E-state index in [-0.39, 0.29) is 0 Å². The van der Waals surface area contributed by atoms with Crippen molar-refractivity contribution in [1.29, 1.82) is 0 Å². The van der Waals surface area contributed by atoms with E-state index in [0.717, 1.165) is 72.3 Å². The fraction of sp³-hybridized carbons (Fsp3) is 0.240. The van der Waals surface area contributed by atoms with Crippen LogP contribution in [-0.2, 0) is 0 Å². The topological polar surface area (TPSA) is 62.4 Å². The number of para-hydroxylation sites is 1. The van der Waals surface area contributed by atoms with Crippen molar-refractivity contribution in [2.24, 2.45) is 4.99 Å². The van der Waals surface area contributed by atoms with Gasteiger partial charge in [-0.25, -0.2) is 0 Å². The number of aromatic amines is 2. The Morgan fingerprint density at radius 1 is 0.967 bits per heavy atom. The first-order valence-electron chi connectivity index (χ1n) is 10.4. The molecule has 0 bridgehead atoms. The van der Waals surface area contributed by atoms with Gasteiger partial charge in [-0.3, -0.25) is 4.99 Å². The van der Waals surface area contributed by atoms with Crippen LogP contribution in [0.25, 0.3) is 17.5 Å². The summed E-state index contributed by atoms with van der Waals surface area (Å²) in [7, 11) is 1.68. The third-order valence-electron chi connectivity index (χ3n) is 5.02. The number of ether oxygens (including phenoxy) is 2. The van der Waals surface area contributed by atoms with Gasteiger partial charge in [-0.1, -0.05) is 18.2 Å². The van der Waals surface area contributed by atoms with Crippen LogP contribution in [0, 0.1) is 0 Å². The molecule has 2 N–H and O–H groups in total. The van der Waals surface area contributed by atoms with Crippen LogP contribution in [0.15, 0.2) is 77.6 Å². The number of hydrogen-bond acceptors (Lipinski definition) is 3. The van der Waals surface area contributed by atoms with E-state index in [1.54, 1.807) is 7.11 Å². The third kappa shape index (κ3) is 5.11. The van der Waals surface area contributed by atoms with E-state index in [2.05, 4.69) is 22.1 Å². The molecule has 0 amide bonds. The van der Waals surface area contributed by atoms with Gasteiger partial charge in [-0.15, -0.1) is 0 Å². The number of benzene rings is 1. The number of nitrogens with zero attached hydrogens (tertiary/aromatic N) is 1. The molecular formula is C25H27N3O2. The number of allylic oxidation sites excluding steroid dienone is 2. The number of unbranched alkanes of at least 4 members (excludes halogenated alkanes) is 2. The first-order chi connectivity index (χ1) is 14.8. The number of methoxy groups -OCH3 is 1. The van der Waals surface area contributed by atoms with Crippen LogP contribution >= 0.6 is 0 Å². The van der Waals surface area contributed by atoms with Gasteiger partial charge in [0.1, 0.15) is 11.5 Å². The van der Waals surface area contributed by atoms with Crippen molar-refractivity contribution in [3.05, 3.63) is 78.3 Å². The van der Waals surface area contributed by atoms with E-state index in [4.69, 9.17) is 14.5 Å². The second-order valence-electron chi connectivity index (χ2n) is 7.23. The fourth-order valence-corrected chi connectivity index (χ4v) is 3.45. The van der Waals surface area contributed by atoms with Crippen molar-refractivity contribution < 1.29 is 9.47 Å². The predicted molar refractivity (Wildman–Crippen MR) is 122 cm³/mol. The highest BCUT2D eigenvalue weighted by atomic mass is 16.5. The van der Waals surface area contributed by atoms with Crippen LogP contribution in [0.1, 0.15) is 31.4 Å². The number of nitrogens with one attached hydrogen (secondary N) is 2. The van der Waals surface area contributed by atoms with Crippen LogP contribution in [0.5, 0.6) is 11.5 Å². The number of aliphatic imine (C=N–C) groups is 1. The monoisotopic (exact) mass is 401 g/mol. The summed E-state index contributed by atoms with van der Waals surface area (Å²) >= 11 is 0. The van der Waals surface area contributed by atoms with Crippen LogP contribution in [0.4, 0.5) is 0 Å². The Balaban J connectivity index is 1.26. The molecular weight excluding hydrogens is 374 g/mol. The standard InChI is InChI=1S/C25H27N3O2/c1-29-25-18-23(22-12-8-15-26-22)28-24(25)17-20-14-13-19(27-20)9-4-3-7-16-30-21-10-5-2-6-11-21/h2,5-6,8,10-15,17-18,26,28H,3-4,7,9,16H2,1H3. The van der Waals surface area contributed by atoms with Crippen molar-refractivity contribution in [3.63, 3.8) is 0 Å². The lowest BCUT2D eigenvalue weighted by Gasteiger charge is -2.05. The van der Waals surface area contributed by atoms with E-state index in [9.17, 15) is 0 Å². The molecule has 1 aliphatic rings. The van der Waals surface area contributed by atoms with Crippen LogP contribution in [-0.4, -0.2) is 29.4 Å². The zero-order valence-electron chi connectivity index (χ0n) is 17.2. The molecule has 0 unspecified atom stereocenters. The number of rotatable bonds is 10. The SMILES string of the molecule is COc1cc(-c2ccc[nH]2)[nH]c1C=C1C=CC(CCCCCOc2ccccc2)=N1. The minimum Gasteiger partial charge on any atom is -0.494 e. The van der Waals surface area contributed by atoms with Crippen molar-refractivity contribution in [2.75, 3.05) is 13.7 Å². The van der Waals surface area contributed by atoms with Crippen molar-refractivity contribution >= 4 is 11.8 Å². The molecule has 5 nitrogen and oxygen atoms in total. The molecule has 5 heteroatoms. The highest BCUT2D eigenvalue weighted by Crippen LogP contribution is 2.29. The average molecular weight is 402 g/mol. The largest absolute Gasteiger partial charge is 0.494 e. The second-order valence-corrected chi connectivity index (χ2v) is 7.23. The lowest BCUT2D eigenvalue weighted by atomic mass is 10.1. The van der Waals surface area contributed by atoms with Gasteiger partial charge in [0.25, 0.3) is 0 Å². The average Bonchev–Trinajstić information content (AvgIpc) is 3.52. The molecule has 154 valence electrons. The lowest BCUT2D eigenvalue weighted by Crippen LogP contribution is -1.98. The molecule has 0 saturated carbocycles. The van der Waals surface area contributed by atoms with E-state index < -0.39 is 0 Å². The Kier molecular flexibility index (Phi) is 6.50. The number of H-pyrrole nitrogens is 2. The molecule has 30 heavy (non-hydrogen) atoms. The molecule has 0 atom stereocenters. The highest BCUT2D eigenvalue weighted by Gasteiger charge is 2.11. The Hall–Kier alpha value is -3.47. The van der Waals surface area contributed by atoms with E-state index >= 15 is 0 Å². The van der Waals surface area contributed by atoms with Gasteiger partial charge in [0.05, 0.1) is 36.5 Å². The molecule has 0 radical (unpaired) electrons. The first-order valence-corrected chi connectivity index (χ1v) is 10.4. The second kappa shape index (κ2) is 9.83. The van der Waals surface area contributed by atoms with E-state index in [1.807, 2.05) is 60.8 Å². The fourth-order valence-electron chi connectivity index (χ4n) is 3.45. The van der Waals surface area contributed by atoms with Crippen LogP contribution in [0.3, 0.4) is 0 Å². The van der Waals surface area contributed by atoms with Crippen LogP contribution in [0.2, 0.25) is 0 Å². The molecule has 0 fully saturated rings. The van der Waals surface area contributed by atoms with Gasteiger partial charge in [0.15, 0.2) is 0 Å². The summed E-state index contributed by atoms with van der Waals surface area (Å²) < 4.78 is 11.3. The molecule has 0 saturated heterocycles. The Morgan fingerprint density at radius 2 is 1.87 bits per heavy atom. The third-order valence-corrected chi connectivity index (χ3v) is 5.02. The quantitative estimate of drug-likeness (QED) is 0.409. The summed E-state index contributed by atoms with van der Waals surface area (Å²) in [4.78, 5) is 11.4. The number of aromatic nitrogens is 2. The van der Waals surface area contributed by atoms with Crippen molar-refractivity contribution in [1.82, 2.24) is 9.97 Å². The zero-order chi connectivity index (χ0) is 20.6. The van der Waals surface area contributed by atoms with Gasteiger partial charge in [-0.05, 0) is 68.2 Å². The Labute approximate surface area is 177 Å². The smallest absolute Gasteiger partial charge is 0.144 e. The van der Waals surface area contributed by atoms with E-state index in [0.29, 0.717) is 0 Å². The number of hydrogen-bond donors (Lipinski definition) is 2. The summed E-state index contributed by atoms with van der Waals surface area (Å²) in [5.74, 6) is 1.75. The Bertz CT molecular complexity index is 1030. The summed E-state index contributed by atoms with van der Waals surface area (Å²) in [5, 5.41) is 0. The summed E-state index contributed by atoms with van der Waals surface area (Å²) in [6.45, 7) is 0.757. The predicted octanol–water partition coefficient (Wildman–Crippen LogP) is 6.01. The summed E-state index contributed by atoms with van der Waals surface area (Å²) in [5.41, 5.74) is 5.01. The van der Waals surface area contributed by atoms with Gasteiger partial charge >= 0.3 is 0 Å². The summed E-state index contributed by atoms with van der Waals surface area (Å²) in [6.07, 6.45) is 12.4.